The number of carbonyl (C=O) groups excluding carboxylic acids is 2. The molecule has 1 fully saturated rings. The van der Waals surface area contributed by atoms with E-state index in [0.29, 0.717) is 23.2 Å². The largest absolute Gasteiger partial charge is 0.465 e. The van der Waals surface area contributed by atoms with Crippen molar-refractivity contribution in [3.8, 4) is 0 Å². The molecule has 1 aliphatic rings. The van der Waals surface area contributed by atoms with Crippen LogP contribution in [0.4, 0.5) is 0 Å². The number of H-pyrrole nitrogens is 1. The molecule has 1 atom stereocenters. The highest BCUT2D eigenvalue weighted by molar-refractivity contribution is 6.50. The first-order valence-electron chi connectivity index (χ1n) is 6.10. The minimum absolute atomic E-state index is 0.0359. The van der Waals surface area contributed by atoms with E-state index in [1.54, 1.807) is 13.8 Å². The number of hydrogen-bond donors (Lipinski definition) is 1. The van der Waals surface area contributed by atoms with Crippen molar-refractivity contribution in [2.45, 2.75) is 24.6 Å². The van der Waals surface area contributed by atoms with Crippen LogP contribution in [0, 0.1) is 19.8 Å². The molecule has 1 aliphatic carbocycles. The molecule has 20 heavy (non-hydrogen) atoms. The molecule has 5 nitrogen and oxygen atoms in total. The lowest BCUT2D eigenvalue weighted by Gasteiger charge is -2.04. The van der Waals surface area contributed by atoms with Gasteiger partial charge in [-0.2, -0.15) is 0 Å². The molecule has 2 rings (SSSR count). The molecule has 1 aromatic heterocycles. The number of aromatic amines is 1. The van der Waals surface area contributed by atoms with E-state index in [-0.39, 0.29) is 18.2 Å². The van der Waals surface area contributed by atoms with E-state index in [0.717, 1.165) is 0 Å². The molecule has 1 heterocycles. The van der Waals surface area contributed by atoms with Crippen molar-refractivity contribution in [3.05, 3.63) is 22.5 Å². The topological polar surface area (TPSA) is 68.4 Å². The van der Waals surface area contributed by atoms with E-state index in [1.807, 2.05) is 0 Å². The first-order chi connectivity index (χ1) is 9.27. The van der Waals surface area contributed by atoms with Crippen LogP contribution in [0.1, 0.15) is 38.5 Å². The standard InChI is InChI=1S/C13H15Cl2NO4/c1-6-9(11(17)19-3)7(2)16-10(6)12(18)20-5-8-4-13(8,14)15/h8,16H,4-5H2,1-3H3. The summed E-state index contributed by atoms with van der Waals surface area (Å²) in [5.74, 6) is -1.05. The Kier molecular flexibility index (Phi) is 4.02. The monoisotopic (exact) mass is 319 g/mol. The summed E-state index contributed by atoms with van der Waals surface area (Å²) in [6, 6.07) is 0. The Morgan fingerprint density at radius 2 is 1.95 bits per heavy atom. The summed E-state index contributed by atoms with van der Waals surface area (Å²) in [4.78, 5) is 26.5. The Morgan fingerprint density at radius 1 is 1.35 bits per heavy atom. The third-order valence-corrected chi connectivity index (χ3v) is 4.33. The lowest BCUT2D eigenvalue weighted by molar-refractivity contribution is 0.0478. The van der Waals surface area contributed by atoms with Gasteiger partial charge in [0.1, 0.15) is 10.0 Å². The second-order valence-corrected chi connectivity index (χ2v) is 6.42. The van der Waals surface area contributed by atoms with Gasteiger partial charge in [0.2, 0.25) is 0 Å². The molecule has 0 aliphatic heterocycles. The SMILES string of the molecule is COC(=O)c1c(C)[nH]c(C(=O)OCC2CC2(Cl)Cl)c1C. The molecule has 1 saturated carbocycles. The predicted molar refractivity (Wildman–Crippen MR) is 74.4 cm³/mol. The van der Waals surface area contributed by atoms with Gasteiger partial charge in [0.25, 0.3) is 0 Å². The molecule has 1 unspecified atom stereocenters. The summed E-state index contributed by atoms with van der Waals surface area (Å²) in [7, 11) is 1.29. The minimum atomic E-state index is -0.780. The quantitative estimate of drug-likeness (QED) is 0.684. The van der Waals surface area contributed by atoms with Crippen LogP contribution in [-0.4, -0.2) is 35.0 Å². The van der Waals surface area contributed by atoms with Crippen molar-refractivity contribution in [3.63, 3.8) is 0 Å². The molecular weight excluding hydrogens is 305 g/mol. The van der Waals surface area contributed by atoms with Crippen LogP contribution in [0.25, 0.3) is 0 Å². The number of aryl methyl sites for hydroxylation is 1. The average Bonchev–Trinajstić information content (AvgIpc) is 2.88. The van der Waals surface area contributed by atoms with Gasteiger partial charge in [-0.05, 0) is 25.8 Å². The molecule has 0 aromatic carbocycles. The number of esters is 2. The zero-order valence-corrected chi connectivity index (χ0v) is 12.9. The lowest BCUT2D eigenvalue weighted by atomic mass is 10.1. The molecule has 1 aromatic rings. The van der Waals surface area contributed by atoms with E-state index in [2.05, 4.69) is 9.72 Å². The van der Waals surface area contributed by atoms with Crippen molar-refractivity contribution < 1.29 is 19.1 Å². The summed E-state index contributed by atoms with van der Waals surface area (Å²) in [6.45, 7) is 3.52. The number of rotatable bonds is 4. The van der Waals surface area contributed by atoms with Crippen molar-refractivity contribution in [1.82, 2.24) is 4.98 Å². The van der Waals surface area contributed by atoms with Crippen LogP contribution in [0.15, 0.2) is 0 Å². The van der Waals surface area contributed by atoms with Gasteiger partial charge < -0.3 is 14.5 Å². The molecule has 0 saturated heterocycles. The Balaban J connectivity index is 2.09. The number of carbonyl (C=O) groups is 2. The number of methoxy groups -OCH3 is 1. The first-order valence-corrected chi connectivity index (χ1v) is 6.86. The van der Waals surface area contributed by atoms with Crippen LogP contribution in [0.2, 0.25) is 0 Å². The normalized spacial score (nSPS) is 19.6. The Labute approximate surface area is 126 Å². The van der Waals surface area contributed by atoms with Gasteiger partial charge in [-0.1, -0.05) is 0 Å². The molecule has 0 spiro atoms. The Hall–Kier alpha value is -1.20. The maximum Gasteiger partial charge on any atom is 0.355 e. The number of nitrogens with one attached hydrogen (secondary N) is 1. The molecule has 0 amide bonds. The number of ether oxygens (including phenoxy) is 2. The highest BCUT2D eigenvalue weighted by Gasteiger charge is 2.52. The van der Waals surface area contributed by atoms with Crippen molar-refractivity contribution >= 4 is 35.1 Å². The number of hydrogen-bond acceptors (Lipinski definition) is 4. The second-order valence-electron chi connectivity index (χ2n) is 4.88. The third kappa shape index (κ3) is 2.79. The Bertz CT molecular complexity index is 565. The molecular formula is C13H15Cl2NO4. The fourth-order valence-electron chi connectivity index (χ4n) is 2.06. The van der Waals surface area contributed by atoms with E-state index in [9.17, 15) is 9.59 Å². The molecule has 110 valence electrons. The molecule has 0 radical (unpaired) electrons. The fraction of sp³-hybridized carbons (Fsp3) is 0.538. The van der Waals surface area contributed by atoms with Gasteiger partial charge in [-0.3, -0.25) is 0 Å². The van der Waals surface area contributed by atoms with E-state index in [1.165, 1.54) is 7.11 Å². The maximum atomic E-state index is 12.0. The summed E-state index contributed by atoms with van der Waals surface area (Å²) in [5.41, 5.74) is 1.68. The fourth-order valence-corrected chi connectivity index (χ4v) is 2.56. The van der Waals surface area contributed by atoms with Crippen LogP contribution in [-0.2, 0) is 9.47 Å². The minimum Gasteiger partial charge on any atom is -0.465 e. The predicted octanol–water partition coefficient (Wildman–Crippen LogP) is 2.77. The van der Waals surface area contributed by atoms with Crippen molar-refractivity contribution in [2.24, 2.45) is 5.92 Å². The molecule has 0 bridgehead atoms. The smallest absolute Gasteiger partial charge is 0.355 e. The lowest BCUT2D eigenvalue weighted by Crippen LogP contribution is -2.11. The van der Waals surface area contributed by atoms with Gasteiger partial charge >= 0.3 is 11.9 Å². The van der Waals surface area contributed by atoms with Gasteiger partial charge in [-0.25, -0.2) is 9.59 Å². The van der Waals surface area contributed by atoms with Gasteiger partial charge in [0, 0.05) is 11.6 Å². The zero-order chi connectivity index (χ0) is 15.1. The number of halogens is 2. The van der Waals surface area contributed by atoms with Crippen LogP contribution < -0.4 is 0 Å². The maximum absolute atomic E-state index is 12.0. The third-order valence-electron chi connectivity index (χ3n) is 3.40. The van der Waals surface area contributed by atoms with Crippen molar-refractivity contribution in [2.75, 3.05) is 13.7 Å². The van der Waals surface area contributed by atoms with E-state index < -0.39 is 16.3 Å². The van der Waals surface area contributed by atoms with Crippen LogP contribution in [0.5, 0.6) is 0 Å². The average molecular weight is 320 g/mol. The first kappa shape index (κ1) is 15.2. The summed E-state index contributed by atoms with van der Waals surface area (Å²) >= 11 is 11.7. The van der Waals surface area contributed by atoms with E-state index in [4.69, 9.17) is 27.9 Å². The van der Waals surface area contributed by atoms with E-state index >= 15 is 0 Å². The highest BCUT2D eigenvalue weighted by atomic mass is 35.5. The van der Waals surface area contributed by atoms with Gasteiger partial charge in [0.15, 0.2) is 0 Å². The van der Waals surface area contributed by atoms with Gasteiger partial charge in [-0.15, -0.1) is 23.2 Å². The Morgan fingerprint density at radius 3 is 2.45 bits per heavy atom. The number of alkyl halides is 2. The number of aromatic nitrogens is 1. The van der Waals surface area contributed by atoms with Crippen LogP contribution >= 0.6 is 23.2 Å². The summed E-state index contributed by atoms with van der Waals surface area (Å²) in [6.07, 6.45) is 0.611. The van der Waals surface area contributed by atoms with Gasteiger partial charge in [0.05, 0.1) is 19.3 Å². The van der Waals surface area contributed by atoms with Crippen LogP contribution in [0.3, 0.4) is 0 Å². The summed E-state index contributed by atoms with van der Waals surface area (Å²) in [5, 5.41) is 0. The molecule has 1 N–H and O–H groups in total. The van der Waals surface area contributed by atoms with Crippen molar-refractivity contribution in [1.29, 1.82) is 0 Å². The molecule has 7 heteroatoms. The summed E-state index contributed by atoms with van der Waals surface area (Å²) < 4.78 is 9.06. The zero-order valence-electron chi connectivity index (χ0n) is 11.4. The highest BCUT2D eigenvalue weighted by Crippen LogP contribution is 2.53. The second kappa shape index (κ2) is 5.30.